The Morgan fingerprint density at radius 3 is 2.71 bits per heavy atom. The van der Waals surface area contributed by atoms with E-state index in [1.54, 1.807) is 42.7 Å². The number of likely N-dealkylation sites (tertiary alicyclic amines) is 1. The van der Waals surface area contributed by atoms with Crippen LogP contribution in [0.2, 0.25) is 0 Å². The lowest BCUT2D eigenvalue weighted by Gasteiger charge is -2.22. The number of benzene rings is 1. The summed E-state index contributed by atoms with van der Waals surface area (Å²) >= 11 is 1.71. The van der Waals surface area contributed by atoms with Crippen molar-refractivity contribution in [2.75, 3.05) is 13.6 Å². The number of carbonyl (C=O) groups is 2. The molecule has 1 atom stereocenters. The van der Waals surface area contributed by atoms with Crippen LogP contribution < -0.4 is 5.32 Å². The van der Waals surface area contributed by atoms with Gasteiger partial charge in [0.1, 0.15) is 0 Å². The molecule has 1 aromatic carbocycles. The van der Waals surface area contributed by atoms with E-state index in [9.17, 15) is 9.59 Å². The van der Waals surface area contributed by atoms with E-state index in [0.717, 1.165) is 24.9 Å². The van der Waals surface area contributed by atoms with Crippen LogP contribution in [0.25, 0.3) is 6.08 Å². The molecule has 1 saturated heterocycles. The molecule has 1 aliphatic rings. The minimum Gasteiger partial charge on any atom is -0.355 e. The second-order valence-electron chi connectivity index (χ2n) is 5.74. The number of rotatable bonds is 4. The molecule has 1 N–H and O–H groups in total. The van der Waals surface area contributed by atoms with E-state index < -0.39 is 0 Å². The lowest BCUT2D eigenvalue weighted by molar-refractivity contribution is -0.126. The zero-order valence-corrected chi connectivity index (χ0v) is 14.4. The third kappa shape index (κ3) is 3.57. The minimum absolute atomic E-state index is 0.0428. The van der Waals surface area contributed by atoms with Gasteiger partial charge in [-0.15, -0.1) is 11.3 Å². The van der Waals surface area contributed by atoms with Gasteiger partial charge in [-0.2, -0.15) is 0 Å². The Labute approximate surface area is 145 Å². The maximum atomic E-state index is 12.5. The highest BCUT2D eigenvalue weighted by atomic mass is 32.1. The molecule has 3 rings (SSSR count). The fourth-order valence-electron chi connectivity index (χ4n) is 2.96. The molecule has 0 aliphatic carbocycles. The van der Waals surface area contributed by atoms with Crippen LogP contribution in [0.15, 0.2) is 47.9 Å². The van der Waals surface area contributed by atoms with E-state index in [0.29, 0.717) is 5.56 Å². The topological polar surface area (TPSA) is 49.4 Å². The van der Waals surface area contributed by atoms with Gasteiger partial charge in [-0.1, -0.05) is 18.2 Å². The van der Waals surface area contributed by atoms with Crippen molar-refractivity contribution in [3.63, 3.8) is 0 Å². The van der Waals surface area contributed by atoms with Crippen molar-refractivity contribution in [3.8, 4) is 0 Å². The van der Waals surface area contributed by atoms with Crippen molar-refractivity contribution in [1.82, 2.24) is 10.2 Å². The zero-order valence-electron chi connectivity index (χ0n) is 13.6. The second-order valence-corrected chi connectivity index (χ2v) is 6.72. The summed E-state index contributed by atoms with van der Waals surface area (Å²) in [4.78, 5) is 27.2. The summed E-state index contributed by atoms with van der Waals surface area (Å²) < 4.78 is 0. The molecule has 0 saturated carbocycles. The number of amides is 2. The monoisotopic (exact) mass is 340 g/mol. The highest BCUT2D eigenvalue weighted by Gasteiger charge is 2.29. The van der Waals surface area contributed by atoms with Crippen LogP contribution in [-0.4, -0.2) is 30.3 Å². The Bertz CT molecular complexity index is 735. The Kier molecular flexibility index (Phi) is 5.11. The van der Waals surface area contributed by atoms with Gasteiger partial charge in [0.05, 0.1) is 6.04 Å². The summed E-state index contributed by atoms with van der Waals surface area (Å²) in [6.45, 7) is 0.807. The molecule has 5 heteroatoms. The van der Waals surface area contributed by atoms with Gasteiger partial charge in [-0.05, 0) is 48.1 Å². The average molecular weight is 340 g/mol. The summed E-state index contributed by atoms with van der Waals surface area (Å²) in [5.74, 6) is -0.0706. The van der Waals surface area contributed by atoms with Crippen LogP contribution in [0.3, 0.4) is 0 Å². The molecule has 1 fully saturated rings. The maximum absolute atomic E-state index is 12.5. The van der Waals surface area contributed by atoms with Crippen LogP contribution in [0.1, 0.15) is 39.7 Å². The number of carbonyl (C=O) groups excluding carboxylic acids is 2. The first kappa shape index (κ1) is 16.5. The van der Waals surface area contributed by atoms with Gasteiger partial charge in [0.2, 0.25) is 5.91 Å². The van der Waals surface area contributed by atoms with Crippen LogP contribution in [0, 0.1) is 0 Å². The lowest BCUT2D eigenvalue weighted by atomic mass is 10.1. The molecule has 2 aromatic rings. The highest BCUT2D eigenvalue weighted by Crippen LogP contribution is 2.34. The Balaban J connectivity index is 1.67. The minimum atomic E-state index is -0.113. The van der Waals surface area contributed by atoms with Gasteiger partial charge in [-0.25, -0.2) is 0 Å². The van der Waals surface area contributed by atoms with E-state index in [1.165, 1.54) is 4.88 Å². The van der Waals surface area contributed by atoms with Crippen molar-refractivity contribution >= 4 is 29.2 Å². The average Bonchev–Trinajstić information content (AvgIpc) is 3.30. The predicted molar refractivity (Wildman–Crippen MR) is 96.9 cm³/mol. The highest BCUT2D eigenvalue weighted by molar-refractivity contribution is 7.10. The molecule has 2 heterocycles. The number of hydrogen-bond donors (Lipinski definition) is 1. The fourth-order valence-corrected chi connectivity index (χ4v) is 3.83. The quantitative estimate of drug-likeness (QED) is 0.866. The van der Waals surface area contributed by atoms with E-state index in [-0.39, 0.29) is 17.9 Å². The van der Waals surface area contributed by atoms with Gasteiger partial charge in [-0.3, -0.25) is 9.59 Å². The SMILES string of the molecule is CNC(=O)c1ccc(/C=C/C(=O)N2CCCC2c2cccs2)cc1. The van der Waals surface area contributed by atoms with Gasteiger partial charge in [0.15, 0.2) is 0 Å². The predicted octanol–water partition coefficient (Wildman–Crippen LogP) is 3.48. The molecular formula is C19H20N2O2S. The first-order valence-corrected chi connectivity index (χ1v) is 8.91. The number of hydrogen-bond acceptors (Lipinski definition) is 3. The van der Waals surface area contributed by atoms with E-state index in [4.69, 9.17) is 0 Å². The number of thiophene rings is 1. The first-order chi connectivity index (χ1) is 11.7. The number of nitrogens with zero attached hydrogens (tertiary/aromatic N) is 1. The van der Waals surface area contributed by atoms with Gasteiger partial charge in [0.25, 0.3) is 5.91 Å². The Morgan fingerprint density at radius 1 is 1.25 bits per heavy atom. The van der Waals surface area contributed by atoms with E-state index in [2.05, 4.69) is 16.8 Å². The summed E-state index contributed by atoms with van der Waals surface area (Å²) in [5, 5.41) is 4.65. The molecule has 4 nitrogen and oxygen atoms in total. The first-order valence-electron chi connectivity index (χ1n) is 8.03. The van der Waals surface area contributed by atoms with Crippen molar-refractivity contribution in [1.29, 1.82) is 0 Å². The fraction of sp³-hybridized carbons (Fsp3) is 0.263. The Morgan fingerprint density at radius 2 is 2.04 bits per heavy atom. The maximum Gasteiger partial charge on any atom is 0.251 e. The molecule has 0 spiro atoms. The zero-order chi connectivity index (χ0) is 16.9. The molecule has 0 bridgehead atoms. The van der Waals surface area contributed by atoms with Crippen molar-refractivity contribution in [2.24, 2.45) is 0 Å². The summed E-state index contributed by atoms with van der Waals surface area (Å²) in [6, 6.07) is 11.5. The van der Waals surface area contributed by atoms with Crippen LogP contribution in [0.4, 0.5) is 0 Å². The molecule has 24 heavy (non-hydrogen) atoms. The molecule has 1 aromatic heterocycles. The standard InChI is InChI=1S/C19H20N2O2S/c1-20-19(23)15-9-6-14(7-10-15)8-11-18(22)21-12-2-4-16(21)17-5-3-13-24-17/h3,5-11,13,16H,2,4,12H2,1H3,(H,20,23)/b11-8+. The van der Waals surface area contributed by atoms with Crippen molar-refractivity contribution < 1.29 is 9.59 Å². The van der Waals surface area contributed by atoms with Gasteiger partial charge in [0, 0.05) is 30.1 Å². The van der Waals surface area contributed by atoms with Crippen molar-refractivity contribution in [2.45, 2.75) is 18.9 Å². The van der Waals surface area contributed by atoms with Crippen LogP contribution in [0.5, 0.6) is 0 Å². The third-order valence-corrected chi connectivity index (χ3v) is 5.20. The smallest absolute Gasteiger partial charge is 0.251 e. The lowest BCUT2D eigenvalue weighted by Crippen LogP contribution is -2.28. The molecule has 2 amide bonds. The second kappa shape index (κ2) is 7.45. The summed E-state index contributed by atoms with van der Waals surface area (Å²) in [6.07, 6.45) is 5.50. The van der Waals surface area contributed by atoms with E-state index >= 15 is 0 Å². The van der Waals surface area contributed by atoms with Crippen LogP contribution in [-0.2, 0) is 4.79 Å². The van der Waals surface area contributed by atoms with Gasteiger partial charge < -0.3 is 10.2 Å². The van der Waals surface area contributed by atoms with E-state index in [1.807, 2.05) is 23.1 Å². The van der Waals surface area contributed by atoms with Crippen molar-refractivity contribution in [3.05, 3.63) is 63.9 Å². The normalized spacial score (nSPS) is 17.4. The molecular weight excluding hydrogens is 320 g/mol. The third-order valence-electron chi connectivity index (χ3n) is 4.23. The summed E-state index contributed by atoms with van der Waals surface area (Å²) in [7, 11) is 1.61. The summed E-state index contributed by atoms with van der Waals surface area (Å²) in [5.41, 5.74) is 1.51. The molecule has 1 unspecified atom stereocenters. The molecule has 1 aliphatic heterocycles. The Hall–Kier alpha value is -2.40. The molecule has 0 radical (unpaired) electrons. The van der Waals surface area contributed by atoms with Gasteiger partial charge >= 0.3 is 0 Å². The van der Waals surface area contributed by atoms with Crippen LogP contribution >= 0.6 is 11.3 Å². The molecule has 124 valence electrons. The largest absolute Gasteiger partial charge is 0.355 e. The number of nitrogens with one attached hydrogen (secondary N) is 1.